The number of thioether (sulfide) groups is 1. The van der Waals surface area contributed by atoms with Crippen molar-refractivity contribution in [1.29, 1.82) is 0 Å². The summed E-state index contributed by atoms with van der Waals surface area (Å²) in [5, 5.41) is 18.7. The quantitative estimate of drug-likeness (QED) is 0.233. The van der Waals surface area contributed by atoms with E-state index < -0.39 is 17.2 Å². The summed E-state index contributed by atoms with van der Waals surface area (Å²) in [6, 6.07) is 13.7. The van der Waals surface area contributed by atoms with Gasteiger partial charge in [0.25, 0.3) is 0 Å². The van der Waals surface area contributed by atoms with Crippen LogP contribution in [0.25, 0.3) is 0 Å². The van der Waals surface area contributed by atoms with Gasteiger partial charge in [0, 0.05) is 0 Å². The Hall–Kier alpha value is -3.86. The lowest BCUT2D eigenvalue weighted by Crippen LogP contribution is -2.26. The average molecular weight is 471 g/mol. The monoisotopic (exact) mass is 471 g/mol. The number of hydrogen-bond acceptors (Lipinski definition) is 9. The average Bonchev–Trinajstić information content (AvgIpc) is 3.15. The third-order valence-corrected chi connectivity index (χ3v) is 5.34. The summed E-state index contributed by atoms with van der Waals surface area (Å²) in [5.74, 6) is -0.571. The Labute approximate surface area is 193 Å². The van der Waals surface area contributed by atoms with E-state index in [1.54, 1.807) is 48.5 Å². The van der Waals surface area contributed by atoms with E-state index in [4.69, 9.17) is 14.6 Å². The Morgan fingerprint density at radius 1 is 1.06 bits per heavy atom. The van der Waals surface area contributed by atoms with Crippen molar-refractivity contribution in [2.75, 3.05) is 20.3 Å². The maximum absolute atomic E-state index is 11.7. The van der Waals surface area contributed by atoms with Crippen LogP contribution in [0.5, 0.6) is 11.5 Å². The molecule has 0 aliphatic carbocycles. The number of amides is 1. The molecule has 1 atom stereocenters. The molecule has 0 bridgehead atoms. The number of nitrogens with zero attached hydrogens (tertiary/aromatic N) is 2. The number of hydrogen-bond donors (Lipinski definition) is 2. The van der Waals surface area contributed by atoms with Crippen molar-refractivity contribution < 1.29 is 33.7 Å². The lowest BCUT2D eigenvalue weighted by molar-refractivity contribution is -0.138. The largest absolute Gasteiger partial charge is 0.490 e. The second kappa shape index (κ2) is 11.7. The highest BCUT2D eigenvalue weighted by atomic mass is 32.2. The first-order chi connectivity index (χ1) is 15.9. The number of ether oxygens (including phenoxy) is 3. The number of carboxylic acids is 1. The summed E-state index contributed by atoms with van der Waals surface area (Å²) in [4.78, 5) is 33.8. The normalized spacial score (nSPS) is 16.6. The van der Waals surface area contributed by atoms with Gasteiger partial charge in [0.2, 0.25) is 5.91 Å². The van der Waals surface area contributed by atoms with Gasteiger partial charge in [0.15, 0.2) is 5.17 Å². The number of methoxy groups -OCH3 is 1. The molecule has 1 heterocycles. The van der Waals surface area contributed by atoms with Crippen LogP contribution >= 0.6 is 11.8 Å². The fourth-order valence-electron chi connectivity index (χ4n) is 2.67. The van der Waals surface area contributed by atoms with Crippen LogP contribution in [-0.2, 0) is 14.3 Å². The van der Waals surface area contributed by atoms with Gasteiger partial charge in [0.05, 0.1) is 25.3 Å². The molecule has 0 spiro atoms. The summed E-state index contributed by atoms with van der Waals surface area (Å²) in [7, 11) is 1.33. The first-order valence-corrected chi connectivity index (χ1v) is 10.7. The molecule has 0 radical (unpaired) electrons. The molecule has 1 aliphatic rings. The van der Waals surface area contributed by atoms with Crippen molar-refractivity contribution >= 4 is 41.0 Å². The number of benzene rings is 2. The van der Waals surface area contributed by atoms with Gasteiger partial charge >= 0.3 is 11.9 Å². The van der Waals surface area contributed by atoms with E-state index in [-0.39, 0.29) is 17.5 Å². The van der Waals surface area contributed by atoms with Gasteiger partial charge in [-0.3, -0.25) is 9.59 Å². The van der Waals surface area contributed by atoms with E-state index in [2.05, 4.69) is 20.3 Å². The van der Waals surface area contributed by atoms with Crippen LogP contribution in [0.15, 0.2) is 58.7 Å². The standard InChI is InChI=1S/C22H21N3O7S/c1-30-21(29)15-4-8-17(9-5-15)32-11-10-31-16-6-2-14(3-7-16)13-23-25-22-24-20(28)18(33-22)12-19(26)27/h2-9,13,18H,10-12H2,1H3,(H,26,27)(H,24,25,28). The highest BCUT2D eigenvalue weighted by molar-refractivity contribution is 8.15. The molecule has 2 aromatic rings. The zero-order valence-electron chi connectivity index (χ0n) is 17.6. The number of carboxylic acid groups (broad SMARTS) is 1. The van der Waals surface area contributed by atoms with E-state index >= 15 is 0 Å². The minimum absolute atomic E-state index is 0.266. The molecule has 172 valence electrons. The highest BCUT2D eigenvalue weighted by Crippen LogP contribution is 2.22. The van der Waals surface area contributed by atoms with Crippen LogP contribution < -0.4 is 14.8 Å². The maximum atomic E-state index is 11.7. The van der Waals surface area contributed by atoms with Gasteiger partial charge in [-0.25, -0.2) is 4.79 Å². The number of esters is 1. The minimum Gasteiger partial charge on any atom is -0.490 e. The highest BCUT2D eigenvalue weighted by Gasteiger charge is 2.32. The molecule has 1 amide bonds. The molecule has 2 N–H and O–H groups in total. The second-order valence-corrected chi connectivity index (χ2v) is 7.82. The zero-order chi connectivity index (χ0) is 23.6. The number of rotatable bonds is 10. The topological polar surface area (TPSA) is 136 Å². The SMILES string of the molecule is COC(=O)c1ccc(OCCOc2ccc(C=NN=C3NC(=O)C(CC(=O)O)S3)cc2)cc1. The van der Waals surface area contributed by atoms with Crippen molar-refractivity contribution in [2.45, 2.75) is 11.7 Å². The van der Waals surface area contributed by atoms with Crippen LogP contribution in [0.3, 0.4) is 0 Å². The van der Waals surface area contributed by atoms with Crippen LogP contribution in [-0.4, -0.2) is 59.9 Å². The first kappa shape index (κ1) is 23.8. The van der Waals surface area contributed by atoms with Gasteiger partial charge in [-0.2, -0.15) is 5.10 Å². The molecular weight excluding hydrogens is 450 g/mol. The third-order valence-electron chi connectivity index (χ3n) is 4.27. The molecule has 1 saturated heterocycles. The van der Waals surface area contributed by atoms with Gasteiger partial charge in [-0.1, -0.05) is 11.8 Å². The van der Waals surface area contributed by atoms with Gasteiger partial charge in [-0.15, -0.1) is 5.10 Å². The number of amidine groups is 1. The predicted molar refractivity (Wildman–Crippen MR) is 122 cm³/mol. The molecule has 33 heavy (non-hydrogen) atoms. The molecule has 1 unspecified atom stereocenters. The van der Waals surface area contributed by atoms with Crippen molar-refractivity contribution in [1.82, 2.24) is 5.32 Å². The summed E-state index contributed by atoms with van der Waals surface area (Å²) < 4.78 is 15.9. The molecular formula is C22H21N3O7S. The van der Waals surface area contributed by atoms with E-state index in [0.717, 1.165) is 17.3 Å². The van der Waals surface area contributed by atoms with E-state index in [1.165, 1.54) is 13.3 Å². The summed E-state index contributed by atoms with van der Waals surface area (Å²) in [6.45, 7) is 0.652. The molecule has 1 aliphatic heterocycles. The minimum atomic E-state index is -1.05. The van der Waals surface area contributed by atoms with Gasteiger partial charge < -0.3 is 24.6 Å². The van der Waals surface area contributed by atoms with Crippen LogP contribution in [0.4, 0.5) is 0 Å². The Balaban J connectivity index is 1.41. The lowest BCUT2D eigenvalue weighted by atomic mass is 10.2. The Morgan fingerprint density at radius 3 is 2.24 bits per heavy atom. The van der Waals surface area contributed by atoms with E-state index in [0.29, 0.717) is 30.3 Å². The molecule has 11 heteroatoms. The van der Waals surface area contributed by atoms with Crippen molar-refractivity contribution in [2.24, 2.45) is 10.2 Å². The summed E-state index contributed by atoms with van der Waals surface area (Å²) in [6.07, 6.45) is 1.24. The lowest BCUT2D eigenvalue weighted by Gasteiger charge is -2.09. The van der Waals surface area contributed by atoms with Crippen molar-refractivity contribution in [3.63, 3.8) is 0 Å². The third kappa shape index (κ3) is 7.35. The fourth-order valence-corrected chi connectivity index (χ4v) is 3.58. The first-order valence-electron chi connectivity index (χ1n) is 9.79. The summed E-state index contributed by atoms with van der Waals surface area (Å²) >= 11 is 1.04. The molecule has 0 aromatic heterocycles. The van der Waals surface area contributed by atoms with Crippen molar-refractivity contribution in [3.8, 4) is 11.5 Å². The Kier molecular flexibility index (Phi) is 8.42. The smallest absolute Gasteiger partial charge is 0.337 e. The predicted octanol–water partition coefficient (Wildman–Crippen LogP) is 2.33. The Morgan fingerprint density at radius 2 is 1.67 bits per heavy atom. The van der Waals surface area contributed by atoms with Crippen LogP contribution in [0, 0.1) is 0 Å². The van der Waals surface area contributed by atoms with E-state index in [1.807, 2.05) is 0 Å². The van der Waals surface area contributed by atoms with Crippen LogP contribution in [0.2, 0.25) is 0 Å². The second-order valence-electron chi connectivity index (χ2n) is 6.63. The number of carbonyl (C=O) groups excluding carboxylic acids is 2. The van der Waals surface area contributed by atoms with Gasteiger partial charge in [0.1, 0.15) is 30.0 Å². The molecule has 10 nitrogen and oxygen atoms in total. The summed E-state index contributed by atoms with van der Waals surface area (Å²) in [5.41, 5.74) is 1.22. The number of nitrogens with one attached hydrogen (secondary N) is 1. The zero-order valence-corrected chi connectivity index (χ0v) is 18.4. The number of carbonyl (C=O) groups is 3. The fraction of sp³-hybridized carbons (Fsp3) is 0.227. The molecule has 2 aromatic carbocycles. The molecule has 3 rings (SSSR count). The maximum Gasteiger partial charge on any atom is 0.337 e. The number of aliphatic carboxylic acids is 1. The van der Waals surface area contributed by atoms with E-state index in [9.17, 15) is 14.4 Å². The molecule has 0 saturated carbocycles. The van der Waals surface area contributed by atoms with Crippen molar-refractivity contribution in [3.05, 3.63) is 59.7 Å². The van der Waals surface area contributed by atoms with Crippen LogP contribution in [0.1, 0.15) is 22.3 Å². The molecule has 1 fully saturated rings. The van der Waals surface area contributed by atoms with Gasteiger partial charge in [-0.05, 0) is 54.1 Å². The Bertz CT molecular complexity index is 1050.